The molecule has 1 aromatic carbocycles. The molecule has 1 aromatic heterocycles. The van der Waals surface area contributed by atoms with Crippen molar-refractivity contribution in [3.8, 4) is 0 Å². The Morgan fingerprint density at radius 1 is 1.47 bits per heavy atom. The van der Waals surface area contributed by atoms with Crippen LogP contribution < -0.4 is 10.9 Å². The summed E-state index contributed by atoms with van der Waals surface area (Å²) in [6, 6.07) is 6.22. The Labute approximate surface area is 108 Å². The molecule has 0 aliphatic heterocycles. The van der Waals surface area contributed by atoms with E-state index in [1.54, 1.807) is 19.1 Å². The molecule has 98 valence electrons. The van der Waals surface area contributed by atoms with Crippen molar-refractivity contribution in [3.63, 3.8) is 0 Å². The first-order chi connectivity index (χ1) is 9.08. The fraction of sp³-hybridized carbons (Fsp3) is 0.167. The summed E-state index contributed by atoms with van der Waals surface area (Å²) in [7, 11) is 0. The van der Waals surface area contributed by atoms with E-state index in [4.69, 9.17) is 0 Å². The van der Waals surface area contributed by atoms with Crippen LogP contribution in [0.25, 0.3) is 0 Å². The van der Waals surface area contributed by atoms with Gasteiger partial charge in [-0.1, -0.05) is 12.1 Å². The molecular formula is C12H12N4O3. The highest BCUT2D eigenvalue weighted by Gasteiger charge is 2.12. The Balaban J connectivity index is 2.18. The number of rotatable bonds is 4. The van der Waals surface area contributed by atoms with Gasteiger partial charge in [0.15, 0.2) is 0 Å². The lowest BCUT2D eigenvalue weighted by molar-refractivity contribution is -0.385. The van der Waals surface area contributed by atoms with Crippen LogP contribution in [-0.4, -0.2) is 14.9 Å². The quantitative estimate of drug-likeness (QED) is 0.642. The zero-order chi connectivity index (χ0) is 13.8. The first-order valence-electron chi connectivity index (χ1n) is 5.59. The Bertz CT molecular complexity index is 666. The first kappa shape index (κ1) is 12.7. The van der Waals surface area contributed by atoms with E-state index in [1.807, 2.05) is 0 Å². The van der Waals surface area contributed by atoms with Crippen LogP contribution in [0.15, 0.2) is 35.4 Å². The summed E-state index contributed by atoms with van der Waals surface area (Å²) in [6.07, 6.45) is 1.30. The third-order valence-electron chi connectivity index (χ3n) is 2.75. The van der Waals surface area contributed by atoms with Crippen molar-refractivity contribution in [2.45, 2.75) is 13.5 Å². The van der Waals surface area contributed by atoms with E-state index in [9.17, 15) is 14.9 Å². The molecule has 0 atom stereocenters. The Morgan fingerprint density at radius 2 is 2.26 bits per heavy atom. The monoisotopic (exact) mass is 260 g/mol. The van der Waals surface area contributed by atoms with E-state index in [1.165, 1.54) is 18.5 Å². The average Bonchev–Trinajstić information content (AvgIpc) is 2.37. The first-order valence-corrected chi connectivity index (χ1v) is 5.59. The van der Waals surface area contributed by atoms with Gasteiger partial charge in [0.1, 0.15) is 5.82 Å². The van der Waals surface area contributed by atoms with Gasteiger partial charge in [0, 0.05) is 24.2 Å². The second-order valence-corrected chi connectivity index (χ2v) is 3.97. The number of H-pyrrole nitrogens is 1. The molecule has 1 heterocycles. The number of nitro groups is 1. The summed E-state index contributed by atoms with van der Waals surface area (Å²) >= 11 is 0. The standard InChI is InChI=1S/C12H12N4O3/c1-8-9(3-2-4-10(8)16(18)19)6-13-11-5-12(17)15-7-14-11/h2-5,7H,6H2,1H3,(H2,13,14,15,17). The number of aromatic nitrogens is 2. The minimum Gasteiger partial charge on any atom is -0.366 e. The molecule has 7 nitrogen and oxygen atoms in total. The number of anilines is 1. The zero-order valence-electron chi connectivity index (χ0n) is 10.2. The highest BCUT2D eigenvalue weighted by atomic mass is 16.6. The molecule has 0 saturated carbocycles. The second-order valence-electron chi connectivity index (χ2n) is 3.97. The molecule has 0 radical (unpaired) electrons. The molecule has 19 heavy (non-hydrogen) atoms. The lowest BCUT2D eigenvalue weighted by Gasteiger charge is -2.08. The number of benzene rings is 1. The fourth-order valence-electron chi connectivity index (χ4n) is 1.71. The summed E-state index contributed by atoms with van der Waals surface area (Å²) < 4.78 is 0. The van der Waals surface area contributed by atoms with E-state index in [2.05, 4.69) is 15.3 Å². The van der Waals surface area contributed by atoms with Crippen molar-refractivity contribution in [1.29, 1.82) is 0 Å². The molecule has 0 spiro atoms. The van der Waals surface area contributed by atoms with Crippen LogP contribution >= 0.6 is 0 Å². The Hall–Kier alpha value is -2.70. The van der Waals surface area contributed by atoms with Gasteiger partial charge in [-0.2, -0.15) is 0 Å². The van der Waals surface area contributed by atoms with Crippen LogP contribution in [0.3, 0.4) is 0 Å². The van der Waals surface area contributed by atoms with Gasteiger partial charge in [-0.05, 0) is 12.5 Å². The summed E-state index contributed by atoms with van der Waals surface area (Å²) in [6.45, 7) is 2.06. The number of nitrogens with zero attached hydrogens (tertiary/aromatic N) is 2. The third kappa shape index (κ3) is 2.95. The van der Waals surface area contributed by atoms with Crippen LogP contribution in [0, 0.1) is 17.0 Å². The highest BCUT2D eigenvalue weighted by molar-refractivity contribution is 5.46. The molecule has 2 N–H and O–H groups in total. The number of hydrogen-bond donors (Lipinski definition) is 2. The summed E-state index contributed by atoms with van der Waals surface area (Å²) in [5, 5.41) is 13.8. The third-order valence-corrected chi connectivity index (χ3v) is 2.75. The normalized spacial score (nSPS) is 10.2. The maximum Gasteiger partial charge on any atom is 0.272 e. The molecule has 2 rings (SSSR count). The summed E-state index contributed by atoms with van der Waals surface area (Å²) in [5.41, 5.74) is 1.22. The van der Waals surface area contributed by atoms with Gasteiger partial charge in [0.25, 0.3) is 11.2 Å². The molecular weight excluding hydrogens is 248 g/mol. The lowest BCUT2D eigenvalue weighted by Crippen LogP contribution is -2.09. The molecule has 0 amide bonds. The van der Waals surface area contributed by atoms with Crippen LogP contribution in [0.2, 0.25) is 0 Å². The van der Waals surface area contributed by atoms with Gasteiger partial charge >= 0.3 is 0 Å². The maximum absolute atomic E-state index is 11.1. The van der Waals surface area contributed by atoms with Gasteiger partial charge < -0.3 is 10.3 Å². The van der Waals surface area contributed by atoms with Crippen molar-refractivity contribution < 1.29 is 4.92 Å². The topological polar surface area (TPSA) is 101 Å². The molecule has 0 fully saturated rings. The number of hydrogen-bond acceptors (Lipinski definition) is 5. The van der Waals surface area contributed by atoms with Crippen molar-refractivity contribution >= 4 is 11.5 Å². The molecule has 0 unspecified atom stereocenters. The smallest absolute Gasteiger partial charge is 0.272 e. The average molecular weight is 260 g/mol. The minimum atomic E-state index is -0.412. The van der Waals surface area contributed by atoms with Crippen molar-refractivity contribution in [2.75, 3.05) is 5.32 Å². The lowest BCUT2D eigenvalue weighted by atomic mass is 10.1. The molecule has 0 aliphatic carbocycles. The van der Waals surface area contributed by atoms with E-state index < -0.39 is 4.92 Å². The molecule has 0 aliphatic rings. The molecule has 0 saturated heterocycles. The number of aromatic amines is 1. The predicted molar refractivity (Wildman–Crippen MR) is 70.0 cm³/mol. The molecule has 7 heteroatoms. The zero-order valence-corrected chi connectivity index (χ0v) is 10.2. The highest BCUT2D eigenvalue weighted by Crippen LogP contribution is 2.21. The fourth-order valence-corrected chi connectivity index (χ4v) is 1.71. The molecule has 2 aromatic rings. The Morgan fingerprint density at radius 3 is 2.95 bits per heavy atom. The van der Waals surface area contributed by atoms with Crippen molar-refractivity contribution in [3.05, 3.63) is 62.2 Å². The number of nitrogens with one attached hydrogen (secondary N) is 2. The summed E-state index contributed by atoms with van der Waals surface area (Å²) in [5.74, 6) is 0.426. The maximum atomic E-state index is 11.1. The number of nitro benzene ring substituents is 1. The summed E-state index contributed by atoms with van der Waals surface area (Å²) in [4.78, 5) is 27.8. The largest absolute Gasteiger partial charge is 0.366 e. The van der Waals surface area contributed by atoms with Crippen LogP contribution in [0.5, 0.6) is 0 Å². The Kier molecular flexibility index (Phi) is 3.56. The predicted octanol–water partition coefficient (Wildman–Crippen LogP) is 1.60. The van der Waals surface area contributed by atoms with Gasteiger partial charge in [-0.3, -0.25) is 14.9 Å². The van der Waals surface area contributed by atoms with Crippen molar-refractivity contribution in [2.24, 2.45) is 0 Å². The van der Waals surface area contributed by atoms with Crippen LogP contribution in [0.1, 0.15) is 11.1 Å². The SMILES string of the molecule is Cc1c(CNc2cc(=O)[nH]cn2)cccc1[N+](=O)[O-]. The van der Waals surface area contributed by atoms with Crippen LogP contribution in [0.4, 0.5) is 11.5 Å². The van der Waals surface area contributed by atoms with Gasteiger partial charge in [0.2, 0.25) is 0 Å². The van der Waals surface area contributed by atoms with Gasteiger partial charge in [-0.15, -0.1) is 0 Å². The second kappa shape index (κ2) is 5.30. The molecule has 0 bridgehead atoms. The van der Waals surface area contributed by atoms with Gasteiger partial charge in [-0.25, -0.2) is 4.98 Å². The van der Waals surface area contributed by atoms with Crippen molar-refractivity contribution in [1.82, 2.24) is 9.97 Å². The van der Waals surface area contributed by atoms with E-state index in [-0.39, 0.29) is 11.2 Å². The van der Waals surface area contributed by atoms with E-state index >= 15 is 0 Å². The van der Waals surface area contributed by atoms with E-state index in [0.717, 1.165) is 5.56 Å². The van der Waals surface area contributed by atoms with Crippen LogP contribution in [-0.2, 0) is 6.54 Å². The minimum absolute atomic E-state index is 0.0816. The van der Waals surface area contributed by atoms with E-state index in [0.29, 0.717) is 17.9 Å². The van der Waals surface area contributed by atoms with Gasteiger partial charge in [0.05, 0.1) is 11.3 Å².